The van der Waals surface area contributed by atoms with Gasteiger partial charge in [0.25, 0.3) is 0 Å². The summed E-state index contributed by atoms with van der Waals surface area (Å²) in [6.45, 7) is 0. The van der Waals surface area contributed by atoms with Crippen molar-refractivity contribution >= 4 is 32.3 Å². The monoisotopic (exact) mass is 788 g/mol. The summed E-state index contributed by atoms with van der Waals surface area (Å²) in [6, 6.07) is 78.5. The average Bonchev–Trinajstić information content (AvgIpc) is 3.36. The lowest BCUT2D eigenvalue weighted by atomic mass is 9.89. The van der Waals surface area contributed by atoms with E-state index in [1.54, 1.807) is 0 Å². The smallest absolute Gasteiger partial charge is 0.164 e. The molecule has 0 N–H and O–H groups in total. The molecule has 0 aliphatic rings. The van der Waals surface area contributed by atoms with Crippen LogP contribution < -0.4 is 0 Å². The zero-order valence-corrected chi connectivity index (χ0v) is 33.6. The van der Waals surface area contributed by atoms with Crippen LogP contribution in [0.15, 0.2) is 218 Å². The van der Waals surface area contributed by atoms with Crippen molar-refractivity contribution in [3.05, 3.63) is 224 Å². The average molecular weight is 789 g/mol. The molecule has 4 heteroatoms. The Morgan fingerprint density at radius 3 is 1.35 bits per heavy atom. The summed E-state index contributed by atoms with van der Waals surface area (Å²) in [5, 5.41) is 16.9. The van der Waals surface area contributed by atoms with E-state index < -0.39 is 0 Å². The third-order valence-corrected chi connectivity index (χ3v) is 11.8. The first-order valence-electron chi connectivity index (χ1n) is 20.7. The molecule has 0 amide bonds. The number of nitrogens with zero attached hydrogens (tertiary/aromatic N) is 4. The van der Waals surface area contributed by atoms with Crippen molar-refractivity contribution in [2.75, 3.05) is 0 Å². The second kappa shape index (κ2) is 15.6. The molecule has 0 unspecified atom stereocenters. The molecule has 0 aliphatic carbocycles. The molecule has 0 saturated carbocycles. The van der Waals surface area contributed by atoms with Gasteiger partial charge in [0.1, 0.15) is 0 Å². The van der Waals surface area contributed by atoms with Gasteiger partial charge in [-0.1, -0.05) is 194 Å². The molecule has 11 aromatic rings. The lowest BCUT2D eigenvalue weighted by Gasteiger charge is -2.14. The minimum Gasteiger partial charge on any atom is -0.208 e. The maximum Gasteiger partial charge on any atom is 0.164 e. The summed E-state index contributed by atoms with van der Waals surface area (Å²) in [6.07, 6.45) is 0. The lowest BCUT2D eigenvalue weighted by molar-refractivity contribution is 1.07. The van der Waals surface area contributed by atoms with E-state index >= 15 is 0 Å². The van der Waals surface area contributed by atoms with E-state index in [1.165, 1.54) is 54.6 Å². The number of hydrogen-bond donors (Lipinski definition) is 0. The molecule has 0 bridgehead atoms. The molecule has 1 aromatic heterocycles. The minimum absolute atomic E-state index is 0.594. The Hall–Kier alpha value is -8.52. The van der Waals surface area contributed by atoms with Crippen LogP contribution >= 0.6 is 0 Å². The Bertz CT molecular complexity index is 3480. The van der Waals surface area contributed by atoms with Crippen molar-refractivity contribution in [3.8, 4) is 84.7 Å². The van der Waals surface area contributed by atoms with Gasteiger partial charge in [-0.3, -0.25) is 0 Å². The largest absolute Gasteiger partial charge is 0.208 e. The molecule has 288 valence electrons. The fourth-order valence-electron chi connectivity index (χ4n) is 8.55. The van der Waals surface area contributed by atoms with Gasteiger partial charge in [0, 0.05) is 16.7 Å². The molecule has 0 spiro atoms. The number of nitriles is 1. The van der Waals surface area contributed by atoms with Crippen molar-refractivity contribution in [3.63, 3.8) is 0 Å². The van der Waals surface area contributed by atoms with Gasteiger partial charge in [0.2, 0.25) is 0 Å². The van der Waals surface area contributed by atoms with Crippen LogP contribution in [0.1, 0.15) is 5.56 Å². The SMILES string of the molecule is N#Cc1ccc(-c2cccc(-c3nc(-c4ccccc4)nc(-c4ccc(-c5ccc(-c6ccc(-c7c8ccccc8cc8c7ccc7ccccc78)cc6)cc5)cc4)n3)c2)cc1. The number of aromatic nitrogens is 3. The normalized spacial score (nSPS) is 11.2. The highest BCUT2D eigenvalue weighted by Gasteiger charge is 2.15. The summed E-state index contributed by atoms with van der Waals surface area (Å²) >= 11 is 0. The van der Waals surface area contributed by atoms with Gasteiger partial charge in [-0.25, -0.2) is 15.0 Å². The zero-order valence-electron chi connectivity index (χ0n) is 33.6. The van der Waals surface area contributed by atoms with Crippen LogP contribution in [0.4, 0.5) is 0 Å². The Morgan fingerprint density at radius 2 is 0.726 bits per heavy atom. The molecule has 0 aliphatic heterocycles. The second-order valence-corrected chi connectivity index (χ2v) is 15.5. The lowest BCUT2D eigenvalue weighted by Crippen LogP contribution is -2.00. The molecule has 0 radical (unpaired) electrons. The fourth-order valence-corrected chi connectivity index (χ4v) is 8.55. The Labute approximate surface area is 359 Å². The molecule has 11 rings (SSSR count). The minimum atomic E-state index is 0.594. The van der Waals surface area contributed by atoms with E-state index in [0.29, 0.717) is 23.0 Å². The van der Waals surface area contributed by atoms with Gasteiger partial charge < -0.3 is 0 Å². The van der Waals surface area contributed by atoms with Crippen molar-refractivity contribution < 1.29 is 0 Å². The molecule has 0 saturated heterocycles. The Balaban J connectivity index is 0.882. The van der Waals surface area contributed by atoms with E-state index in [-0.39, 0.29) is 0 Å². The van der Waals surface area contributed by atoms with Crippen molar-refractivity contribution in [1.82, 2.24) is 15.0 Å². The predicted molar refractivity (Wildman–Crippen MR) is 255 cm³/mol. The van der Waals surface area contributed by atoms with Gasteiger partial charge >= 0.3 is 0 Å². The fraction of sp³-hybridized carbons (Fsp3) is 0. The Kier molecular flexibility index (Phi) is 9.19. The number of benzene rings is 10. The number of fused-ring (bicyclic) bond motifs is 4. The predicted octanol–water partition coefficient (Wildman–Crippen LogP) is 14.9. The highest BCUT2D eigenvalue weighted by atomic mass is 15.0. The van der Waals surface area contributed by atoms with Gasteiger partial charge in [0.15, 0.2) is 17.5 Å². The summed E-state index contributed by atoms with van der Waals surface area (Å²) in [4.78, 5) is 14.9. The van der Waals surface area contributed by atoms with Crippen LogP contribution in [0.3, 0.4) is 0 Å². The van der Waals surface area contributed by atoms with E-state index in [4.69, 9.17) is 15.0 Å². The summed E-state index contributed by atoms with van der Waals surface area (Å²) in [5.41, 5.74) is 12.4. The van der Waals surface area contributed by atoms with Crippen molar-refractivity contribution in [1.29, 1.82) is 5.26 Å². The van der Waals surface area contributed by atoms with E-state index in [2.05, 4.69) is 158 Å². The first-order valence-corrected chi connectivity index (χ1v) is 20.7. The standard InChI is InChI=1S/C58H36N4/c59-37-38-17-19-43(20-18-38)48-13-8-14-50(35-48)58-61-56(46-10-2-1-3-11-46)60-57(62-58)47-31-27-42(28-32-47)40-23-21-39(22-24-40)41-25-29-45(30-26-41)55-52-16-7-5-12-49(52)36-54-51-15-6-4-9-44(51)33-34-53(54)55/h1-36H. The maximum atomic E-state index is 9.28. The first kappa shape index (κ1) is 36.6. The highest BCUT2D eigenvalue weighted by molar-refractivity contribution is 6.20. The molecule has 0 atom stereocenters. The summed E-state index contributed by atoms with van der Waals surface area (Å²) < 4.78 is 0. The van der Waals surface area contributed by atoms with Gasteiger partial charge in [-0.15, -0.1) is 0 Å². The van der Waals surface area contributed by atoms with Crippen LogP contribution in [-0.4, -0.2) is 15.0 Å². The summed E-state index contributed by atoms with van der Waals surface area (Å²) in [7, 11) is 0. The molecular weight excluding hydrogens is 753 g/mol. The zero-order chi connectivity index (χ0) is 41.4. The molecule has 62 heavy (non-hydrogen) atoms. The van der Waals surface area contributed by atoms with Crippen LogP contribution in [0.2, 0.25) is 0 Å². The highest BCUT2D eigenvalue weighted by Crippen LogP contribution is 2.40. The third-order valence-electron chi connectivity index (χ3n) is 11.8. The molecule has 10 aromatic carbocycles. The first-order chi connectivity index (χ1) is 30.6. The van der Waals surface area contributed by atoms with Crippen LogP contribution in [0.25, 0.3) is 111 Å². The molecule has 4 nitrogen and oxygen atoms in total. The maximum absolute atomic E-state index is 9.28. The van der Waals surface area contributed by atoms with E-state index in [0.717, 1.165) is 38.9 Å². The number of hydrogen-bond acceptors (Lipinski definition) is 4. The van der Waals surface area contributed by atoms with Crippen LogP contribution in [0, 0.1) is 11.3 Å². The van der Waals surface area contributed by atoms with Crippen LogP contribution in [0.5, 0.6) is 0 Å². The van der Waals surface area contributed by atoms with Crippen molar-refractivity contribution in [2.24, 2.45) is 0 Å². The molecular formula is C58H36N4. The van der Waals surface area contributed by atoms with Gasteiger partial charge in [0.05, 0.1) is 11.6 Å². The topological polar surface area (TPSA) is 62.5 Å². The van der Waals surface area contributed by atoms with Gasteiger partial charge in [-0.05, 0) is 101 Å². The van der Waals surface area contributed by atoms with Gasteiger partial charge in [-0.2, -0.15) is 5.26 Å². The van der Waals surface area contributed by atoms with E-state index in [1.807, 2.05) is 66.7 Å². The molecule has 1 heterocycles. The summed E-state index contributed by atoms with van der Waals surface area (Å²) in [5.74, 6) is 1.81. The quantitative estimate of drug-likeness (QED) is 0.119. The third kappa shape index (κ3) is 6.84. The number of rotatable bonds is 7. The Morgan fingerprint density at radius 1 is 0.274 bits per heavy atom. The second-order valence-electron chi connectivity index (χ2n) is 15.5. The van der Waals surface area contributed by atoms with Crippen LogP contribution in [-0.2, 0) is 0 Å². The van der Waals surface area contributed by atoms with Crippen molar-refractivity contribution in [2.45, 2.75) is 0 Å². The molecule has 0 fully saturated rings. The van der Waals surface area contributed by atoms with E-state index in [9.17, 15) is 5.26 Å².